The monoisotopic (exact) mass is 449 g/mol. The van der Waals surface area contributed by atoms with Crippen LogP contribution < -0.4 is 10.6 Å². The summed E-state index contributed by atoms with van der Waals surface area (Å²) in [6, 6.07) is 23.4. The van der Waals surface area contributed by atoms with Crippen molar-refractivity contribution in [1.29, 1.82) is 0 Å². The predicted molar refractivity (Wildman–Crippen MR) is 128 cm³/mol. The highest BCUT2D eigenvalue weighted by atomic mass is 31.2. The number of fused-ring (bicyclic) bond motifs is 3. The Hall–Kier alpha value is -2.88. The molecule has 4 rings (SSSR count). The molecule has 0 saturated carbocycles. The van der Waals surface area contributed by atoms with Crippen molar-refractivity contribution in [2.45, 2.75) is 18.4 Å². The smallest absolute Gasteiger partial charge is 0.407 e. The number of aliphatic hydroxyl groups is 1. The standard InChI is InChI=1S/C26H28NO4P/c1-32(2,30)20-9-7-8-18(15-20)14-19(16-28)27-26(29)31-17-25-23-12-5-3-10-21(23)22-11-4-6-13-24(22)25/h3-13,15,19,25,28H,14,16-17H2,1-2H3,(H,27,29). The average molecular weight is 449 g/mol. The second kappa shape index (κ2) is 9.32. The van der Waals surface area contributed by atoms with E-state index in [1.165, 1.54) is 11.1 Å². The fourth-order valence-corrected chi connectivity index (χ4v) is 5.19. The summed E-state index contributed by atoms with van der Waals surface area (Å²) < 4.78 is 17.9. The summed E-state index contributed by atoms with van der Waals surface area (Å²) in [6.45, 7) is 3.46. The van der Waals surface area contributed by atoms with Crippen LogP contribution in [0.2, 0.25) is 0 Å². The number of hydrogen-bond acceptors (Lipinski definition) is 4. The van der Waals surface area contributed by atoms with E-state index >= 15 is 0 Å². The van der Waals surface area contributed by atoms with Gasteiger partial charge in [-0.05, 0) is 53.6 Å². The van der Waals surface area contributed by atoms with Gasteiger partial charge in [0.25, 0.3) is 0 Å². The molecule has 0 spiro atoms. The maximum absolute atomic E-state index is 12.5. The van der Waals surface area contributed by atoms with E-state index in [1.54, 1.807) is 13.3 Å². The highest BCUT2D eigenvalue weighted by Crippen LogP contribution is 2.44. The Morgan fingerprint density at radius 1 is 1.00 bits per heavy atom. The lowest BCUT2D eigenvalue weighted by atomic mass is 9.98. The zero-order chi connectivity index (χ0) is 22.7. The molecule has 2 N–H and O–H groups in total. The van der Waals surface area contributed by atoms with Crippen molar-refractivity contribution in [2.24, 2.45) is 0 Å². The number of hydrogen-bond donors (Lipinski definition) is 2. The summed E-state index contributed by atoms with van der Waals surface area (Å²) in [6.07, 6.45) is -0.132. The van der Waals surface area contributed by atoms with Crippen molar-refractivity contribution in [1.82, 2.24) is 5.32 Å². The molecule has 1 aliphatic carbocycles. The van der Waals surface area contributed by atoms with Gasteiger partial charge < -0.3 is 19.7 Å². The third kappa shape index (κ3) is 4.79. The molecule has 1 unspecified atom stereocenters. The number of ether oxygens (including phenoxy) is 1. The van der Waals surface area contributed by atoms with Crippen LogP contribution in [0, 0.1) is 0 Å². The largest absolute Gasteiger partial charge is 0.449 e. The molecule has 0 bridgehead atoms. The third-order valence-corrected chi connectivity index (χ3v) is 7.42. The average Bonchev–Trinajstić information content (AvgIpc) is 3.10. The first-order valence-electron chi connectivity index (χ1n) is 10.7. The molecule has 3 aromatic rings. The van der Waals surface area contributed by atoms with E-state index in [2.05, 4.69) is 29.6 Å². The van der Waals surface area contributed by atoms with Gasteiger partial charge in [-0.3, -0.25) is 0 Å². The van der Waals surface area contributed by atoms with E-state index < -0.39 is 19.3 Å². The zero-order valence-corrected chi connectivity index (χ0v) is 19.2. The molecule has 0 heterocycles. The maximum atomic E-state index is 12.5. The summed E-state index contributed by atoms with van der Waals surface area (Å²) in [5.74, 6) is -0.0133. The molecule has 166 valence electrons. The molecule has 0 aromatic heterocycles. The normalized spacial score (nSPS) is 13.8. The van der Waals surface area contributed by atoms with Crippen molar-refractivity contribution in [2.75, 3.05) is 26.5 Å². The van der Waals surface area contributed by atoms with E-state index in [4.69, 9.17) is 4.74 Å². The summed E-state index contributed by atoms with van der Waals surface area (Å²) in [4.78, 5) is 12.5. The Bertz CT molecular complexity index is 1120. The molecule has 0 saturated heterocycles. The van der Waals surface area contributed by atoms with Gasteiger partial charge in [-0.15, -0.1) is 0 Å². The number of nitrogens with one attached hydrogen (secondary N) is 1. The Labute approximate surface area is 188 Å². The van der Waals surface area contributed by atoms with Crippen molar-refractivity contribution in [3.63, 3.8) is 0 Å². The van der Waals surface area contributed by atoms with Gasteiger partial charge in [0.15, 0.2) is 0 Å². The van der Waals surface area contributed by atoms with Crippen molar-refractivity contribution in [3.8, 4) is 11.1 Å². The van der Waals surface area contributed by atoms with E-state index in [-0.39, 0.29) is 19.1 Å². The molecule has 5 nitrogen and oxygen atoms in total. The number of benzene rings is 3. The number of carbonyl (C=O) groups excluding carboxylic acids is 1. The van der Waals surface area contributed by atoms with E-state index in [9.17, 15) is 14.5 Å². The van der Waals surface area contributed by atoms with Gasteiger partial charge in [-0.1, -0.05) is 66.7 Å². The van der Waals surface area contributed by atoms with Crippen LogP contribution in [0.1, 0.15) is 22.6 Å². The molecule has 3 aromatic carbocycles. The quantitative estimate of drug-likeness (QED) is 0.525. The second-order valence-electron chi connectivity index (χ2n) is 8.57. The van der Waals surface area contributed by atoms with Crippen LogP contribution in [-0.4, -0.2) is 43.8 Å². The van der Waals surface area contributed by atoms with Crippen LogP contribution in [0.5, 0.6) is 0 Å². The van der Waals surface area contributed by atoms with Crippen LogP contribution in [-0.2, 0) is 15.7 Å². The Kier molecular flexibility index (Phi) is 6.50. The first-order chi connectivity index (χ1) is 15.4. The lowest BCUT2D eigenvalue weighted by Crippen LogP contribution is -2.40. The minimum Gasteiger partial charge on any atom is -0.449 e. The number of aliphatic hydroxyl groups excluding tert-OH is 1. The minimum absolute atomic E-state index is 0.0133. The van der Waals surface area contributed by atoms with Gasteiger partial charge in [-0.25, -0.2) is 4.79 Å². The lowest BCUT2D eigenvalue weighted by Gasteiger charge is -2.19. The lowest BCUT2D eigenvalue weighted by molar-refractivity contribution is 0.132. The van der Waals surface area contributed by atoms with Crippen LogP contribution in [0.4, 0.5) is 4.79 Å². The number of carbonyl (C=O) groups is 1. The van der Waals surface area contributed by atoms with Gasteiger partial charge in [0.05, 0.1) is 12.6 Å². The highest BCUT2D eigenvalue weighted by molar-refractivity contribution is 7.70. The van der Waals surface area contributed by atoms with Gasteiger partial charge in [0.1, 0.15) is 13.7 Å². The van der Waals surface area contributed by atoms with Gasteiger partial charge >= 0.3 is 6.09 Å². The van der Waals surface area contributed by atoms with Crippen molar-refractivity contribution < 1.29 is 19.2 Å². The molecular formula is C26H28NO4P. The maximum Gasteiger partial charge on any atom is 0.407 e. The highest BCUT2D eigenvalue weighted by Gasteiger charge is 2.29. The molecule has 0 aliphatic heterocycles. The number of rotatable bonds is 7. The van der Waals surface area contributed by atoms with Crippen molar-refractivity contribution in [3.05, 3.63) is 89.5 Å². The summed E-state index contributed by atoms with van der Waals surface area (Å²) in [5, 5.41) is 13.3. The Morgan fingerprint density at radius 2 is 1.62 bits per heavy atom. The fourth-order valence-electron chi connectivity index (χ4n) is 4.27. The van der Waals surface area contributed by atoms with E-state index in [0.717, 1.165) is 22.0 Å². The molecule has 0 fully saturated rings. The molecule has 0 radical (unpaired) electrons. The molecular weight excluding hydrogens is 421 g/mol. The summed E-state index contributed by atoms with van der Waals surface area (Å²) in [7, 11) is -2.38. The number of alkyl carbamates (subject to hydrolysis) is 1. The zero-order valence-electron chi connectivity index (χ0n) is 18.3. The van der Waals surface area contributed by atoms with Crippen LogP contribution in [0.3, 0.4) is 0 Å². The predicted octanol–water partition coefficient (Wildman–Crippen LogP) is 4.38. The van der Waals surface area contributed by atoms with Gasteiger partial charge in [0, 0.05) is 11.2 Å². The summed E-state index contributed by atoms with van der Waals surface area (Å²) in [5.41, 5.74) is 5.56. The first kappa shape index (κ1) is 22.3. The Morgan fingerprint density at radius 3 is 2.22 bits per heavy atom. The van der Waals surface area contributed by atoms with Crippen molar-refractivity contribution >= 4 is 18.5 Å². The molecule has 6 heteroatoms. The number of amides is 1. The molecule has 1 aliphatic rings. The summed E-state index contributed by atoms with van der Waals surface area (Å²) >= 11 is 0. The van der Waals surface area contributed by atoms with Crippen LogP contribution in [0.15, 0.2) is 72.8 Å². The second-order valence-corrected chi connectivity index (χ2v) is 11.8. The van der Waals surface area contributed by atoms with E-state index in [1.807, 2.05) is 48.5 Å². The minimum atomic E-state index is -2.38. The van der Waals surface area contributed by atoms with Gasteiger partial charge in [-0.2, -0.15) is 0 Å². The SMILES string of the molecule is CP(C)(=O)c1cccc(CC(CO)NC(=O)OCC2c3ccccc3-c3ccccc32)c1. The molecule has 32 heavy (non-hydrogen) atoms. The van der Waals surface area contributed by atoms with Gasteiger partial charge in [0.2, 0.25) is 0 Å². The fraction of sp³-hybridized carbons (Fsp3) is 0.269. The van der Waals surface area contributed by atoms with E-state index in [0.29, 0.717) is 6.42 Å². The third-order valence-electron chi connectivity index (χ3n) is 5.90. The molecule has 1 atom stereocenters. The Balaban J connectivity index is 1.40. The van der Waals surface area contributed by atoms with Crippen LogP contribution >= 0.6 is 7.14 Å². The molecule has 1 amide bonds. The van der Waals surface area contributed by atoms with Crippen LogP contribution in [0.25, 0.3) is 11.1 Å². The topological polar surface area (TPSA) is 75.6 Å². The first-order valence-corrected chi connectivity index (χ1v) is 13.3.